The predicted molar refractivity (Wildman–Crippen MR) is 101 cm³/mol. The number of aromatic nitrogens is 1. The molecule has 3 rings (SSSR count). The van der Waals surface area contributed by atoms with Crippen LogP contribution in [0.25, 0.3) is 0 Å². The fraction of sp³-hybridized carbons (Fsp3) is 0.0952. The molecule has 27 heavy (non-hydrogen) atoms. The van der Waals surface area contributed by atoms with E-state index in [0.29, 0.717) is 29.8 Å². The number of hydrogen-bond acceptors (Lipinski definition) is 4. The van der Waals surface area contributed by atoms with E-state index in [1.54, 1.807) is 54.6 Å². The molecule has 2 N–H and O–H groups in total. The molecular formula is C21H17FN4O. The zero-order chi connectivity index (χ0) is 19.1. The number of benzene rings is 2. The van der Waals surface area contributed by atoms with E-state index in [0.717, 1.165) is 5.69 Å². The van der Waals surface area contributed by atoms with Crippen molar-refractivity contribution in [1.29, 1.82) is 5.26 Å². The minimum absolute atomic E-state index is 0.266. The van der Waals surface area contributed by atoms with Crippen LogP contribution in [0.3, 0.4) is 0 Å². The highest BCUT2D eigenvalue weighted by atomic mass is 19.1. The van der Waals surface area contributed by atoms with Crippen molar-refractivity contribution in [2.75, 3.05) is 11.9 Å². The summed E-state index contributed by atoms with van der Waals surface area (Å²) in [4.78, 5) is 16.4. The van der Waals surface area contributed by atoms with Crippen molar-refractivity contribution in [3.05, 3.63) is 89.5 Å². The lowest BCUT2D eigenvalue weighted by atomic mass is 10.1. The normalized spacial score (nSPS) is 10.1. The number of pyridine rings is 1. The molecule has 0 radical (unpaired) electrons. The van der Waals surface area contributed by atoms with E-state index in [1.165, 1.54) is 12.3 Å². The summed E-state index contributed by atoms with van der Waals surface area (Å²) >= 11 is 0. The second-order valence-corrected chi connectivity index (χ2v) is 5.84. The van der Waals surface area contributed by atoms with Crippen LogP contribution in [-0.2, 0) is 6.42 Å². The molecule has 3 aromatic rings. The molecule has 6 heteroatoms. The van der Waals surface area contributed by atoms with Gasteiger partial charge in [-0.15, -0.1) is 0 Å². The SMILES string of the molecule is N#Cc1ccc(Nc2ccnc(C(=O)NCCc3ccccc3F)c2)cc1. The lowest BCUT2D eigenvalue weighted by Gasteiger charge is -2.09. The number of hydrogen-bond donors (Lipinski definition) is 2. The zero-order valence-corrected chi connectivity index (χ0v) is 14.4. The molecule has 1 heterocycles. The highest BCUT2D eigenvalue weighted by molar-refractivity contribution is 5.93. The van der Waals surface area contributed by atoms with Crippen LogP contribution in [0.15, 0.2) is 66.9 Å². The second-order valence-electron chi connectivity index (χ2n) is 5.84. The first kappa shape index (κ1) is 18.1. The number of anilines is 2. The summed E-state index contributed by atoms with van der Waals surface area (Å²) in [6.07, 6.45) is 1.94. The first-order valence-electron chi connectivity index (χ1n) is 8.40. The quantitative estimate of drug-likeness (QED) is 0.701. The van der Waals surface area contributed by atoms with Crippen LogP contribution >= 0.6 is 0 Å². The Labute approximate surface area is 156 Å². The molecule has 2 aromatic carbocycles. The smallest absolute Gasteiger partial charge is 0.269 e. The molecule has 134 valence electrons. The van der Waals surface area contributed by atoms with Gasteiger partial charge in [0.15, 0.2) is 0 Å². The van der Waals surface area contributed by atoms with Crippen LogP contribution < -0.4 is 10.6 Å². The fourth-order valence-corrected chi connectivity index (χ4v) is 2.53. The third-order valence-corrected chi connectivity index (χ3v) is 3.93. The molecule has 0 unspecified atom stereocenters. The molecule has 1 aromatic heterocycles. The summed E-state index contributed by atoms with van der Waals surface area (Å²) in [6.45, 7) is 0.314. The number of carbonyl (C=O) groups excluding carboxylic acids is 1. The van der Waals surface area contributed by atoms with Crippen LogP contribution in [-0.4, -0.2) is 17.4 Å². The molecule has 0 aliphatic rings. The molecule has 1 amide bonds. The van der Waals surface area contributed by atoms with Gasteiger partial charge in [0.05, 0.1) is 11.6 Å². The minimum Gasteiger partial charge on any atom is -0.355 e. The Kier molecular flexibility index (Phi) is 5.75. The maximum absolute atomic E-state index is 13.6. The average molecular weight is 360 g/mol. The van der Waals surface area contributed by atoms with Crippen molar-refractivity contribution in [1.82, 2.24) is 10.3 Å². The van der Waals surface area contributed by atoms with Crippen LogP contribution in [0.2, 0.25) is 0 Å². The maximum Gasteiger partial charge on any atom is 0.269 e. The molecule has 0 aliphatic carbocycles. The van der Waals surface area contributed by atoms with Crippen molar-refractivity contribution in [2.45, 2.75) is 6.42 Å². The summed E-state index contributed by atoms with van der Waals surface area (Å²) in [5.41, 5.74) is 2.90. The van der Waals surface area contributed by atoms with E-state index in [1.807, 2.05) is 0 Å². The van der Waals surface area contributed by atoms with Crippen molar-refractivity contribution in [3.63, 3.8) is 0 Å². The van der Waals surface area contributed by atoms with Gasteiger partial charge in [-0.2, -0.15) is 5.26 Å². The molecule has 0 atom stereocenters. The van der Waals surface area contributed by atoms with E-state index < -0.39 is 0 Å². The summed E-state index contributed by atoms with van der Waals surface area (Å²) < 4.78 is 13.6. The number of nitriles is 1. The molecule has 0 bridgehead atoms. The Balaban J connectivity index is 1.59. The average Bonchev–Trinajstić information content (AvgIpc) is 2.70. The molecule has 0 spiro atoms. The van der Waals surface area contributed by atoms with Crippen molar-refractivity contribution >= 4 is 17.3 Å². The summed E-state index contributed by atoms with van der Waals surface area (Å²) in [5.74, 6) is -0.603. The summed E-state index contributed by atoms with van der Waals surface area (Å²) in [6, 6.07) is 18.9. The predicted octanol–water partition coefficient (Wildman–Crippen LogP) is 3.81. The van der Waals surface area contributed by atoms with E-state index in [9.17, 15) is 9.18 Å². The van der Waals surface area contributed by atoms with E-state index in [2.05, 4.69) is 21.7 Å². The molecule has 0 saturated heterocycles. The highest BCUT2D eigenvalue weighted by Gasteiger charge is 2.08. The lowest BCUT2D eigenvalue weighted by Crippen LogP contribution is -2.26. The molecule has 0 fully saturated rings. The van der Waals surface area contributed by atoms with Gasteiger partial charge in [0.1, 0.15) is 11.5 Å². The minimum atomic E-state index is -0.324. The topological polar surface area (TPSA) is 77.8 Å². The second kappa shape index (κ2) is 8.59. The van der Waals surface area contributed by atoms with Gasteiger partial charge in [-0.3, -0.25) is 9.78 Å². The number of halogens is 1. The Hall–Kier alpha value is -3.72. The molecule has 0 aliphatic heterocycles. The number of carbonyl (C=O) groups is 1. The first-order valence-corrected chi connectivity index (χ1v) is 8.40. The number of amides is 1. The van der Waals surface area contributed by atoms with Gasteiger partial charge >= 0.3 is 0 Å². The number of nitrogens with one attached hydrogen (secondary N) is 2. The standard InChI is InChI=1S/C21H17FN4O/c22-19-4-2-1-3-16(19)9-11-25-21(27)20-13-18(10-12-24-20)26-17-7-5-15(14-23)6-8-17/h1-8,10,12-13H,9,11H2,(H,24,26)(H,25,27). The highest BCUT2D eigenvalue weighted by Crippen LogP contribution is 2.17. The van der Waals surface area contributed by atoms with Gasteiger partial charge in [-0.25, -0.2) is 4.39 Å². The van der Waals surface area contributed by atoms with E-state index in [-0.39, 0.29) is 17.4 Å². The van der Waals surface area contributed by atoms with Gasteiger partial charge in [-0.1, -0.05) is 18.2 Å². The Morgan fingerprint density at radius 1 is 1.07 bits per heavy atom. The van der Waals surface area contributed by atoms with Crippen molar-refractivity contribution in [3.8, 4) is 6.07 Å². The van der Waals surface area contributed by atoms with Gasteiger partial charge < -0.3 is 10.6 Å². The third-order valence-electron chi connectivity index (χ3n) is 3.93. The van der Waals surface area contributed by atoms with Crippen LogP contribution in [0.4, 0.5) is 15.8 Å². The van der Waals surface area contributed by atoms with Crippen LogP contribution in [0.1, 0.15) is 21.6 Å². The van der Waals surface area contributed by atoms with Gasteiger partial charge in [0, 0.05) is 24.1 Å². The maximum atomic E-state index is 13.6. The van der Waals surface area contributed by atoms with Crippen molar-refractivity contribution < 1.29 is 9.18 Å². The first-order chi connectivity index (χ1) is 13.2. The van der Waals surface area contributed by atoms with Crippen molar-refractivity contribution in [2.24, 2.45) is 0 Å². The molecule has 5 nitrogen and oxygen atoms in total. The van der Waals surface area contributed by atoms with Crippen LogP contribution in [0, 0.1) is 17.1 Å². The zero-order valence-electron chi connectivity index (χ0n) is 14.4. The Morgan fingerprint density at radius 3 is 2.59 bits per heavy atom. The third kappa shape index (κ3) is 4.89. The number of nitrogens with zero attached hydrogens (tertiary/aromatic N) is 2. The summed E-state index contributed by atoms with van der Waals surface area (Å²) in [5, 5.41) is 14.7. The van der Waals surface area contributed by atoms with Gasteiger partial charge in [0.2, 0.25) is 0 Å². The Morgan fingerprint density at radius 2 is 1.85 bits per heavy atom. The lowest BCUT2D eigenvalue weighted by molar-refractivity contribution is 0.0949. The van der Waals surface area contributed by atoms with E-state index in [4.69, 9.17) is 5.26 Å². The molecule has 0 saturated carbocycles. The van der Waals surface area contributed by atoms with Crippen LogP contribution in [0.5, 0.6) is 0 Å². The van der Waals surface area contributed by atoms with Gasteiger partial charge in [-0.05, 0) is 54.4 Å². The van der Waals surface area contributed by atoms with Gasteiger partial charge in [0.25, 0.3) is 5.91 Å². The number of rotatable bonds is 6. The Bertz CT molecular complexity index is 980. The fourth-order valence-electron chi connectivity index (χ4n) is 2.53. The monoisotopic (exact) mass is 360 g/mol. The largest absolute Gasteiger partial charge is 0.355 e. The van der Waals surface area contributed by atoms with E-state index >= 15 is 0 Å². The summed E-state index contributed by atoms with van der Waals surface area (Å²) in [7, 11) is 0. The molecular weight excluding hydrogens is 343 g/mol.